The van der Waals surface area contributed by atoms with Gasteiger partial charge in [0.15, 0.2) is 0 Å². The van der Waals surface area contributed by atoms with E-state index in [4.69, 9.17) is 4.74 Å². The van der Waals surface area contributed by atoms with Gasteiger partial charge >= 0.3 is 6.09 Å². The summed E-state index contributed by atoms with van der Waals surface area (Å²) in [6, 6.07) is 0.578. The highest BCUT2D eigenvalue weighted by atomic mass is 16.6. The summed E-state index contributed by atoms with van der Waals surface area (Å²) in [5, 5.41) is 6.26. The number of hydrogen-bond donors (Lipinski definition) is 2. The molecule has 1 fully saturated rings. The van der Waals surface area contributed by atoms with Gasteiger partial charge in [0.05, 0.1) is 0 Å². The zero-order valence-corrected chi connectivity index (χ0v) is 14.1. The lowest BCUT2D eigenvalue weighted by molar-refractivity contribution is 0.0534. The molecule has 21 heavy (non-hydrogen) atoms. The Balaban J connectivity index is 2.08. The van der Waals surface area contributed by atoms with E-state index in [1.54, 1.807) is 0 Å². The maximum atomic E-state index is 11.4. The summed E-state index contributed by atoms with van der Waals surface area (Å²) >= 11 is 0. The number of hydrogen-bond acceptors (Lipinski definition) is 3. The van der Waals surface area contributed by atoms with Gasteiger partial charge in [-0.25, -0.2) is 4.79 Å². The molecule has 0 heterocycles. The average Bonchev–Trinajstić information content (AvgIpc) is 2.41. The van der Waals surface area contributed by atoms with Crippen LogP contribution in [0.2, 0.25) is 0 Å². The summed E-state index contributed by atoms with van der Waals surface area (Å²) in [4.78, 5) is 11.4. The molecule has 0 aromatic rings. The van der Waals surface area contributed by atoms with E-state index < -0.39 is 5.60 Å². The summed E-state index contributed by atoms with van der Waals surface area (Å²) in [6.07, 6.45) is 10.5. The molecule has 4 heteroatoms. The van der Waals surface area contributed by atoms with Crippen molar-refractivity contribution in [1.82, 2.24) is 10.6 Å². The molecule has 1 aliphatic rings. The van der Waals surface area contributed by atoms with Gasteiger partial charge in [-0.1, -0.05) is 31.4 Å². The SMILES string of the molecule is CC(NC/C=C/CNC(=O)OC(C)(C)C)C1CCCCC1. The summed E-state index contributed by atoms with van der Waals surface area (Å²) in [5.41, 5.74) is -0.440. The summed E-state index contributed by atoms with van der Waals surface area (Å²) in [7, 11) is 0. The standard InChI is InChI=1S/C17H32N2O2/c1-14(15-10-6-5-7-11-15)18-12-8-9-13-19-16(20)21-17(2,3)4/h8-9,14-15,18H,5-7,10-13H2,1-4H3,(H,19,20)/b9-8+. The quantitative estimate of drug-likeness (QED) is 0.736. The maximum Gasteiger partial charge on any atom is 0.407 e. The Morgan fingerprint density at radius 3 is 2.43 bits per heavy atom. The molecule has 0 bridgehead atoms. The van der Waals surface area contributed by atoms with Gasteiger partial charge in [-0.05, 0) is 46.5 Å². The topological polar surface area (TPSA) is 50.4 Å². The van der Waals surface area contributed by atoms with Gasteiger partial charge in [0.1, 0.15) is 5.60 Å². The van der Waals surface area contributed by atoms with Crippen molar-refractivity contribution in [3.8, 4) is 0 Å². The fourth-order valence-electron chi connectivity index (χ4n) is 2.68. The third kappa shape index (κ3) is 8.76. The molecule has 1 unspecified atom stereocenters. The van der Waals surface area contributed by atoms with E-state index in [0.29, 0.717) is 12.6 Å². The summed E-state index contributed by atoms with van der Waals surface area (Å²) in [5.74, 6) is 0.826. The first kappa shape index (κ1) is 18.0. The van der Waals surface area contributed by atoms with Crippen molar-refractivity contribution in [3.05, 3.63) is 12.2 Å². The molecule has 0 aliphatic heterocycles. The molecule has 122 valence electrons. The van der Waals surface area contributed by atoms with Crippen LogP contribution in [-0.4, -0.2) is 30.8 Å². The third-order valence-corrected chi connectivity index (χ3v) is 3.84. The van der Waals surface area contributed by atoms with Crippen LogP contribution in [0.3, 0.4) is 0 Å². The van der Waals surface area contributed by atoms with Crippen molar-refractivity contribution in [2.45, 2.75) is 71.4 Å². The third-order valence-electron chi connectivity index (χ3n) is 3.84. The van der Waals surface area contributed by atoms with Crippen molar-refractivity contribution in [1.29, 1.82) is 0 Å². The van der Waals surface area contributed by atoms with Gasteiger partial charge in [0.2, 0.25) is 0 Å². The first-order chi connectivity index (χ1) is 9.88. The summed E-state index contributed by atoms with van der Waals surface area (Å²) in [6.45, 7) is 9.22. The minimum absolute atomic E-state index is 0.365. The minimum Gasteiger partial charge on any atom is -0.444 e. The van der Waals surface area contributed by atoms with E-state index in [2.05, 4.69) is 23.6 Å². The average molecular weight is 296 g/mol. The molecule has 0 radical (unpaired) electrons. The predicted molar refractivity (Wildman–Crippen MR) is 87.4 cm³/mol. The molecule has 0 spiro atoms. The van der Waals surface area contributed by atoms with Crippen LogP contribution in [0.1, 0.15) is 59.8 Å². The van der Waals surface area contributed by atoms with E-state index in [-0.39, 0.29) is 6.09 Å². The van der Waals surface area contributed by atoms with Crippen LogP contribution in [0.4, 0.5) is 4.79 Å². The minimum atomic E-state index is -0.440. The largest absolute Gasteiger partial charge is 0.444 e. The fourth-order valence-corrected chi connectivity index (χ4v) is 2.68. The normalized spacial score (nSPS) is 18.7. The fraction of sp³-hybridized carbons (Fsp3) is 0.824. The molecule has 2 N–H and O–H groups in total. The van der Waals surface area contributed by atoms with Crippen molar-refractivity contribution < 1.29 is 9.53 Å². The van der Waals surface area contributed by atoms with Crippen LogP contribution in [0, 0.1) is 5.92 Å². The summed E-state index contributed by atoms with van der Waals surface area (Å²) < 4.78 is 5.16. The Labute approximate surface area is 129 Å². The highest BCUT2D eigenvalue weighted by Crippen LogP contribution is 2.26. The van der Waals surface area contributed by atoms with Gasteiger partial charge in [-0.2, -0.15) is 0 Å². The van der Waals surface area contributed by atoms with E-state index in [1.807, 2.05) is 26.8 Å². The van der Waals surface area contributed by atoms with Crippen LogP contribution < -0.4 is 10.6 Å². The maximum absolute atomic E-state index is 11.4. The number of rotatable bonds is 6. The lowest BCUT2D eigenvalue weighted by Crippen LogP contribution is -2.35. The first-order valence-corrected chi connectivity index (χ1v) is 8.24. The van der Waals surface area contributed by atoms with Crippen molar-refractivity contribution in [3.63, 3.8) is 0 Å². The Morgan fingerprint density at radius 1 is 1.19 bits per heavy atom. The molecule has 0 aromatic heterocycles. The lowest BCUT2D eigenvalue weighted by atomic mass is 9.84. The highest BCUT2D eigenvalue weighted by molar-refractivity contribution is 5.67. The molecule has 4 nitrogen and oxygen atoms in total. The van der Waals surface area contributed by atoms with E-state index in [9.17, 15) is 4.79 Å². The molecular weight excluding hydrogens is 264 g/mol. The second-order valence-electron chi connectivity index (χ2n) is 6.95. The van der Waals surface area contributed by atoms with Crippen LogP contribution in [0.15, 0.2) is 12.2 Å². The van der Waals surface area contributed by atoms with E-state index >= 15 is 0 Å². The number of nitrogens with one attached hydrogen (secondary N) is 2. The lowest BCUT2D eigenvalue weighted by Gasteiger charge is -2.28. The Hall–Kier alpha value is -1.03. The van der Waals surface area contributed by atoms with Crippen LogP contribution in [-0.2, 0) is 4.74 Å². The molecule has 0 saturated heterocycles. The van der Waals surface area contributed by atoms with Crippen LogP contribution in [0.25, 0.3) is 0 Å². The number of amides is 1. The Morgan fingerprint density at radius 2 is 1.81 bits per heavy atom. The zero-order chi connectivity index (χ0) is 15.7. The highest BCUT2D eigenvalue weighted by Gasteiger charge is 2.18. The molecule has 1 rings (SSSR count). The smallest absolute Gasteiger partial charge is 0.407 e. The Bertz CT molecular complexity index is 328. The number of carbonyl (C=O) groups is 1. The first-order valence-electron chi connectivity index (χ1n) is 8.24. The second-order valence-corrected chi connectivity index (χ2v) is 6.95. The van der Waals surface area contributed by atoms with Gasteiger partial charge in [-0.3, -0.25) is 0 Å². The van der Waals surface area contributed by atoms with Gasteiger partial charge < -0.3 is 15.4 Å². The second kappa shape index (κ2) is 9.08. The Kier molecular flexibility index (Phi) is 7.79. The number of carbonyl (C=O) groups excluding carboxylic acids is 1. The molecule has 1 amide bonds. The van der Waals surface area contributed by atoms with Crippen LogP contribution in [0.5, 0.6) is 0 Å². The number of alkyl carbamates (subject to hydrolysis) is 1. The van der Waals surface area contributed by atoms with Gasteiger partial charge in [0, 0.05) is 19.1 Å². The van der Waals surface area contributed by atoms with E-state index in [0.717, 1.165) is 12.5 Å². The molecule has 1 aliphatic carbocycles. The van der Waals surface area contributed by atoms with E-state index in [1.165, 1.54) is 32.1 Å². The van der Waals surface area contributed by atoms with Crippen molar-refractivity contribution in [2.75, 3.05) is 13.1 Å². The van der Waals surface area contributed by atoms with Crippen molar-refractivity contribution >= 4 is 6.09 Å². The molecule has 0 aromatic carbocycles. The van der Waals surface area contributed by atoms with Crippen LogP contribution >= 0.6 is 0 Å². The monoisotopic (exact) mass is 296 g/mol. The number of ether oxygens (including phenoxy) is 1. The van der Waals surface area contributed by atoms with Crippen molar-refractivity contribution in [2.24, 2.45) is 5.92 Å². The predicted octanol–water partition coefficient (Wildman–Crippen LogP) is 3.63. The molecule has 1 atom stereocenters. The zero-order valence-electron chi connectivity index (χ0n) is 14.1. The molecular formula is C17H32N2O2. The molecule has 1 saturated carbocycles. The van der Waals surface area contributed by atoms with Gasteiger partial charge in [-0.15, -0.1) is 0 Å². The van der Waals surface area contributed by atoms with Gasteiger partial charge in [0.25, 0.3) is 0 Å².